The van der Waals surface area contributed by atoms with E-state index >= 15 is 0 Å². The minimum atomic E-state index is 1.02. The Morgan fingerprint density at radius 2 is 0.878 bits per heavy atom. The summed E-state index contributed by atoms with van der Waals surface area (Å²) in [7, 11) is 4.34. The number of hydrogen-bond donors (Lipinski definition) is 1. The van der Waals surface area contributed by atoms with E-state index in [1.54, 1.807) is 90.7 Å². The third-order valence-corrected chi connectivity index (χ3v) is 14.7. The maximum Gasteiger partial charge on any atom is 0.155 e. The van der Waals surface area contributed by atoms with Gasteiger partial charge in [0.15, 0.2) is 19.3 Å². The zero-order valence-corrected chi connectivity index (χ0v) is 30.7. The molecule has 0 aliphatic heterocycles. The van der Waals surface area contributed by atoms with Crippen LogP contribution in [0.25, 0.3) is 58.9 Å². The van der Waals surface area contributed by atoms with Gasteiger partial charge in [-0.1, -0.05) is 57.5 Å². The molecule has 0 saturated carbocycles. The van der Waals surface area contributed by atoms with Crippen molar-refractivity contribution in [3.05, 3.63) is 66.9 Å². The topological polar surface area (TPSA) is 63.9 Å². The summed E-state index contributed by atoms with van der Waals surface area (Å²) in [4.78, 5) is 27.7. The van der Waals surface area contributed by atoms with Gasteiger partial charge in [0.25, 0.3) is 0 Å². The Morgan fingerprint density at radius 1 is 0.537 bits per heavy atom. The van der Waals surface area contributed by atoms with Gasteiger partial charge in [-0.15, -0.1) is 45.3 Å². The summed E-state index contributed by atoms with van der Waals surface area (Å²) in [6.45, 7) is 0. The number of thiol groups is 1. The van der Waals surface area contributed by atoms with Gasteiger partial charge >= 0.3 is 24.8 Å². The molecule has 8 rings (SSSR count). The molecule has 203 valence electrons. The molecule has 17 heteroatoms. The minimum Gasteiger partial charge on any atom is -0.222 e. The fourth-order valence-corrected chi connectivity index (χ4v) is 11.9. The Bertz CT molecular complexity index is 1830. The van der Waals surface area contributed by atoms with Crippen molar-refractivity contribution >= 4 is 162 Å². The Balaban J connectivity index is 0.000000135. The largest absolute Gasteiger partial charge is 0.222 e. The molecule has 0 fully saturated rings. The van der Waals surface area contributed by atoms with E-state index in [4.69, 9.17) is 9.97 Å². The fourth-order valence-electron chi connectivity index (χ4n) is 3.36. The second-order valence-electron chi connectivity index (χ2n) is 7.57. The molecule has 0 aliphatic carbocycles. The van der Waals surface area contributed by atoms with E-state index in [0.717, 1.165) is 46.9 Å². The molecule has 41 heavy (non-hydrogen) atoms. The average Bonchev–Trinajstić information content (AvgIpc) is 3.78. The number of thiophene rings is 4. The van der Waals surface area contributed by atoms with Crippen molar-refractivity contribution in [1.29, 1.82) is 0 Å². The van der Waals surface area contributed by atoms with Gasteiger partial charge in [0, 0.05) is 0 Å². The van der Waals surface area contributed by atoms with E-state index in [1.807, 2.05) is 0 Å². The van der Waals surface area contributed by atoms with Crippen LogP contribution >= 0.6 is 135 Å². The number of fused-ring (bicyclic) bond motifs is 2. The molecule has 8 aromatic heterocycles. The van der Waals surface area contributed by atoms with Gasteiger partial charge in [-0.2, -0.15) is 0 Å². The molecule has 8 heterocycles. The predicted octanol–water partition coefficient (Wildman–Crippen LogP) is 12.1. The second-order valence-corrected chi connectivity index (χ2v) is 18.5. The standard InChI is InChI=1S/C12H4Br2N2S4.C12H6N2S4.BHNS/c13-7-3-1-5(17-7)9-15-11-12(19-9)16-10(20-11)6-2-4-8(14)18-6;1-3-7(15-5-1)9-13-11-12(17-9)14-10(18-11)8-4-2-6-16-8;1-2-3/h1-4H;1-6H;3H. The van der Waals surface area contributed by atoms with Crippen molar-refractivity contribution in [3.8, 4) is 39.5 Å². The quantitative estimate of drug-likeness (QED) is 0.142. The van der Waals surface area contributed by atoms with E-state index in [2.05, 4.69) is 126 Å². The molecule has 5 nitrogen and oxygen atoms in total. The maximum absolute atomic E-state index is 4.71. The molecule has 0 spiro atoms. The van der Waals surface area contributed by atoms with Crippen molar-refractivity contribution in [2.75, 3.05) is 0 Å². The summed E-state index contributed by atoms with van der Waals surface area (Å²) in [5.41, 5.74) is 0. The zero-order valence-electron chi connectivity index (χ0n) is 20.1. The first-order chi connectivity index (χ1) is 20.0. The van der Waals surface area contributed by atoms with Gasteiger partial charge in [-0.3, -0.25) is 0 Å². The SMILES string of the molecule is Brc1ccc(-c2nc3sc(-c4ccc(Br)s4)nc3s2)s1.[B]=NS.c1csc(-c2nc3sc(-c4cccs4)nc3s2)c1. The van der Waals surface area contributed by atoms with E-state index in [-0.39, 0.29) is 0 Å². The monoisotopic (exact) mass is 826 g/mol. The van der Waals surface area contributed by atoms with E-state index < -0.39 is 0 Å². The molecule has 0 aromatic carbocycles. The van der Waals surface area contributed by atoms with Crippen LogP contribution in [0.15, 0.2) is 71.2 Å². The normalized spacial score (nSPS) is 10.9. The van der Waals surface area contributed by atoms with Gasteiger partial charge < -0.3 is 0 Å². The predicted molar refractivity (Wildman–Crippen MR) is 196 cm³/mol. The zero-order chi connectivity index (χ0) is 28.3. The average molecular weight is 829 g/mol. The molecule has 0 atom stereocenters. The summed E-state index contributed by atoms with van der Waals surface area (Å²) in [6.07, 6.45) is 0. The summed E-state index contributed by atoms with van der Waals surface area (Å²) >= 11 is 23.7. The first kappa shape index (κ1) is 30.1. The van der Waals surface area contributed by atoms with Gasteiger partial charge in [-0.05, 0) is 79.0 Å². The van der Waals surface area contributed by atoms with Gasteiger partial charge in [-0.25, -0.2) is 19.9 Å². The summed E-state index contributed by atoms with van der Waals surface area (Å²) < 4.78 is 4.95. The first-order valence-electron chi connectivity index (χ1n) is 11.2. The van der Waals surface area contributed by atoms with Crippen molar-refractivity contribution in [2.24, 2.45) is 4.30 Å². The summed E-state index contributed by atoms with van der Waals surface area (Å²) in [5.74, 6) is 0. The van der Waals surface area contributed by atoms with Gasteiger partial charge in [0.2, 0.25) is 0 Å². The van der Waals surface area contributed by atoms with Crippen molar-refractivity contribution in [2.45, 2.75) is 0 Å². The van der Waals surface area contributed by atoms with E-state index in [1.165, 1.54) is 19.5 Å². The Kier molecular flexibility index (Phi) is 10.1. The third kappa shape index (κ3) is 7.06. The molecule has 1 radical (unpaired) electrons. The summed E-state index contributed by atoms with van der Waals surface area (Å²) in [5, 5.41) is 8.42. The number of rotatable bonds is 4. The van der Waals surface area contributed by atoms with E-state index in [9.17, 15) is 0 Å². The van der Waals surface area contributed by atoms with Crippen molar-refractivity contribution in [3.63, 3.8) is 0 Å². The van der Waals surface area contributed by atoms with Crippen LogP contribution < -0.4 is 0 Å². The van der Waals surface area contributed by atoms with E-state index in [0.29, 0.717) is 0 Å². The van der Waals surface area contributed by atoms with Crippen LogP contribution in [-0.4, -0.2) is 27.6 Å². The number of hydrogen-bond acceptors (Lipinski definition) is 14. The van der Waals surface area contributed by atoms with Crippen LogP contribution in [0.1, 0.15) is 0 Å². The third-order valence-electron chi connectivity index (χ3n) is 4.98. The molecule has 0 amide bonds. The smallest absolute Gasteiger partial charge is 0.155 e. The Morgan fingerprint density at radius 3 is 1.15 bits per heavy atom. The molecule has 8 aromatic rings. The van der Waals surface area contributed by atoms with Crippen LogP contribution in [-0.2, 0) is 0 Å². The van der Waals surface area contributed by atoms with Crippen LogP contribution in [0, 0.1) is 0 Å². The molecule has 0 aliphatic rings. The number of nitrogens with zero attached hydrogens (tertiary/aromatic N) is 5. The Hall–Kier alpha value is -0.985. The van der Waals surface area contributed by atoms with Gasteiger partial charge in [0.1, 0.15) is 20.0 Å². The first-order valence-corrected chi connectivity index (χ1v) is 19.8. The van der Waals surface area contributed by atoms with Crippen LogP contribution in [0.3, 0.4) is 0 Å². The number of halogens is 2. The summed E-state index contributed by atoms with van der Waals surface area (Å²) in [6, 6.07) is 16.6. The molecule has 0 saturated heterocycles. The maximum atomic E-state index is 4.71. The number of thiazole rings is 4. The minimum absolute atomic E-state index is 1.02. The Labute approximate surface area is 289 Å². The van der Waals surface area contributed by atoms with Crippen LogP contribution in [0.4, 0.5) is 0 Å². The van der Waals surface area contributed by atoms with Crippen molar-refractivity contribution in [1.82, 2.24) is 19.9 Å². The molecule has 0 unspecified atom stereocenters. The molecular formula is C24H11BBr2N5S9. The fraction of sp³-hybridized carbons (Fsp3) is 0. The second kappa shape index (κ2) is 13.8. The van der Waals surface area contributed by atoms with Crippen molar-refractivity contribution < 1.29 is 0 Å². The molecular weight excluding hydrogens is 818 g/mol. The van der Waals surface area contributed by atoms with Crippen LogP contribution in [0.5, 0.6) is 0 Å². The number of aromatic nitrogens is 4. The van der Waals surface area contributed by atoms with Crippen LogP contribution in [0.2, 0.25) is 0 Å². The molecule has 0 N–H and O–H groups in total. The van der Waals surface area contributed by atoms with Gasteiger partial charge in [0.05, 0.1) is 27.1 Å². The molecule has 0 bridgehead atoms.